The Hall–Kier alpha value is -0.610. The minimum atomic E-state index is -0.0141. The lowest BCUT2D eigenvalue weighted by atomic mass is 9.90. The molecule has 3 aliphatic rings. The molecule has 2 saturated carbocycles. The normalized spacial score (nSPS) is 31.5. The minimum Gasteiger partial charge on any atom is -0.466 e. The van der Waals surface area contributed by atoms with Crippen LogP contribution >= 0.6 is 0 Å². The van der Waals surface area contributed by atoms with Gasteiger partial charge < -0.3 is 10.1 Å². The van der Waals surface area contributed by atoms with Crippen LogP contribution in [0, 0.1) is 5.92 Å². The van der Waals surface area contributed by atoms with E-state index in [9.17, 15) is 4.79 Å². The highest BCUT2D eigenvalue weighted by atomic mass is 16.5. The molecule has 1 saturated heterocycles. The fraction of sp³-hybridized carbons (Fsp3) is 0.941. The first-order valence-electron chi connectivity index (χ1n) is 8.90. The molecule has 120 valence electrons. The van der Waals surface area contributed by atoms with Crippen LogP contribution in [0.5, 0.6) is 0 Å². The number of hydrogen-bond acceptors (Lipinski definition) is 4. The molecule has 3 rings (SSSR count). The Balaban J connectivity index is 1.53. The zero-order chi connectivity index (χ0) is 14.7. The number of ether oxygens (including phenoxy) is 1. The second-order valence-electron chi connectivity index (χ2n) is 7.14. The monoisotopic (exact) mass is 294 g/mol. The number of nitrogens with zero attached hydrogens (tertiary/aromatic N) is 1. The van der Waals surface area contributed by atoms with Gasteiger partial charge in [0.2, 0.25) is 0 Å². The molecule has 2 atom stereocenters. The van der Waals surface area contributed by atoms with E-state index in [4.69, 9.17) is 4.74 Å². The second kappa shape index (κ2) is 7.10. The van der Waals surface area contributed by atoms with Gasteiger partial charge in [-0.1, -0.05) is 12.8 Å². The Morgan fingerprint density at radius 3 is 2.57 bits per heavy atom. The maximum atomic E-state index is 11.8. The molecular weight excluding hydrogens is 264 g/mol. The first kappa shape index (κ1) is 15.3. The number of likely N-dealkylation sites (tertiary alicyclic amines) is 1. The van der Waals surface area contributed by atoms with Crippen LogP contribution in [0.2, 0.25) is 0 Å². The quantitative estimate of drug-likeness (QED) is 0.763. The smallest absolute Gasteiger partial charge is 0.306 e. The van der Waals surface area contributed by atoms with Crippen molar-refractivity contribution in [3.05, 3.63) is 0 Å². The summed E-state index contributed by atoms with van der Waals surface area (Å²) in [6.07, 6.45) is 9.86. The van der Waals surface area contributed by atoms with E-state index in [1.807, 2.05) is 6.92 Å². The van der Waals surface area contributed by atoms with Crippen molar-refractivity contribution in [1.29, 1.82) is 0 Å². The molecular formula is C17H30N2O2. The van der Waals surface area contributed by atoms with Gasteiger partial charge in [0.05, 0.1) is 6.61 Å². The van der Waals surface area contributed by atoms with Crippen LogP contribution in [0.3, 0.4) is 0 Å². The van der Waals surface area contributed by atoms with E-state index in [1.54, 1.807) is 0 Å². The Kier molecular flexibility index (Phi) is 5.17. The highest BCUT2D eigenvalue weighted by molar-refractivity contribution is 5.69. The molecule has 0 bridgehead atoms. The molecule has 21 heavy (non-hydrogen) atoms. The van der Waals surface area contributed by atoms with Gasteiger partial charge in [0.1, 0.15) is 0 Å². The Morgan fingerprint density at radius 1 is 1.14 bits per heavy atom. The lowest BCUT2D eigenvalue weighted by Crippen LogP contribution is -2.52. The van der Waals surface area contributed by atoms with E-state index < -0.39 is 0 Å². The molecule has 1 N–H and O–H groups in total. The number of carbonyl (C=O) groups is 1. The van der Waals surface area contributed by atoms with Gasteiger partial charge in [0.15, 0.2) is 0 Å². The van der Waals surface area contributed by atoms with Crippen LogP contribution in [0.1, 0.15) is 58.3 Å². The van der Waals surface area contributed by atoms with Crippen LogP contribution in [-0.4, -0.2) is 48.7 Å². The standard InChI is InChI=1S/C17H30N2O2/c1-2-21-17(20)10-13-9-15(18-14-5-3-4-6-14)12-19(11-13)16-7-8-16/h13-16,18H,2-12H2,1H3. The maximum absolute atomic E-state index is 11.8. The summed E-state index contributed by atoms with van der Waals surface area (Å²) in [6, 6.07) is 2.09. The van der Waals surface area contributed by atoms with Gasteiger partial charge in [0.25, 0.3) is 0 Å². The van der Waals surface area contributed by atoms with Crippen LogP contribution in [0.4, 0.5) is 0 Å². The molecule has 1 heterocycles. The third kappa shape index (κ3) is 4.43. The zero-order valence-electron chi connectivity index (χ0n) is 13.4. The molecule has 2 unspecified atom stereocenters. The van der Waals surface area contributed by atoms with Gasteiger partial charge in [-0.05, 0) is 44.9 Å². The molecule has 0 radical (unpaired) electrons. The van der Waals surface area contributed by atoms with Crippen LogP contribution in [0.15, 0.2) is 0 Å². The average Bonchev–Trinajstić information content (AvgIpc) is 3.18. The summed E-state index contributed by atoms with van der Waals surface area (Å²) >= 11 is 0. The maximum Gasteiger partial charge on any atom is 0.306 e. The van der Waals surface area contributed by atoms with Crippen molar-refractivity contribution >= 4 is 5.97 Å². The summed E-state index contributed by atoms with van der Waals surface area (Å²) in [7, 11) is 0. The third-order valence-corrected chi connectivity index (χ3v) is 5.22. The fourth-order valence-electron chi connectivity index (χ4n) is 4.13. The number of hydrogen-bond donors (Lipinski definition) is 1. The molecule has 2 aliphatic carbocycles. The van der Waals surface area contributed by atoms with E-state index >= 15 is 0 Å². The van der Waals surface area contributed by atoms with Crippen LogP contribution < -0.4 is 5.32 Å². The molecule has 0 aromatic rings. The van der Waals surface area contributed by atoms with E-state index in [2.05, 4.69) is 10.2 Å². The van der Waals surface area contributed by atoms with Crippen molar-refractivity contribution in [2.75, 3.05) is 19.7 Å². The lowest BCUT2D eigenvalue weighted by molar-refractivity contribution is -0.144. The number of carbonyl (C=O) groups excluding carboxylic acids is 1. The van der Waals surface area contributed by atoms with E-state index in [0.29, 0.717) is 25.0 Å². The van der Waals surface area contributed by atoms with E-state index in [-0.39, 0.29) is 5.97 Å². The summed E-state index contributed by atoms with van der Waals surface area (Å²) in [5, 5.41) is 3.87. The van der Waals surface area contributed by atoms with Gasteiger partial charge >= 0.3 is 5.97 Å². The zero-order valence-corrected chi connectivity index (χ0v) is 13.4. The molecule has 4 nitrogen and oxygen atoms in total. The van der Waals surface area contributed by atoms with Gasteiger partial charge in [-0.2, -0.15) is 0 Å². The Morgan fingerprint density at radius 2 is 1.90 bits per heavy atom. The van der Waals surface area contributed by atoms with E-state index in [0.717, 1.165) is 25.0 Å². The van der Waals surface area contributed by atoms with Crippen molar-refractivity contribution in [1.82, 2.24) is 10.2 Å². The molecule has 4 heteroatoms. The predicted molar refractivity (Wildman–Crippen MR) is 83.1 cm³/mol. The topological polar surface area (TPSA) is 41.6 Å². The third-order valence-electron chi connectivity index (χ3n) is 5.22. The largest absolute Gasteiger partial charge is 0.466 e. The molecule has 0 spiro atoms. The van der Waals surface area contributed by atoms with E-state index in [1.165, 1.54) is 45.1 Å². The summed E-state index contributed by atoms with van der Waals surface area (Å²) < 4.78 is 5.15. The molecule has 0 aromatic carbocycles. The van der Waals surface area contributed by atoms with Gasteiger partial charge in [-0.15, -0.1) is 0 Å². The Bertz CT molecular complexity index is 349. The van der Waals surface area contributed by atoms with Crippen LogP contribution in [0.25, 0.3) is 0 Å². The highest BCUT2D eigenvalue weighted by Gasteiger charge is 2.37. The summed E-state index contributed by atoms with van der Waals surface area (Å²) in [5.74, 6) is 0.456. The number of piperidine rings is 1. The summed E-state index contributed by atoms with van der Waals surface area (Å²) in [5.41, 5.74) is 0. The second-order valence-corrected chi connectivity index (χ2v) is 7.14. The molecule has 3 fully saturated rings. The molecule has 0 amide bonds. The number of nitrogens with one attached hydrogen (secondary N) is 1. The summed E-state index contributed by atoms with van der Waals surface area (Å²) in [6.45, 7) is 4.66. The SMILES string of the molecule is CCOC(=O)CC1CC(NC2CCCC2)CN(C2CC2)C1. The average molecular weight is 294 g/mol. The van der Waals surface area contributed by atoms with Crippen LogP contribution in [-0.2, 0) is 9.53 Å². The number of rotatable bonds is 6. The van der Waals surface area contributed by atoms with Gasteiger partial charge in [0, 0.05) is 37.6 Å². The Labute approximate surface area is 128 Å². The first-order valence-corrected chi connectivity index (χ1v) is 8.90. The van der Waals surface area contributed by atoms with Crippen molar-refractivity contribution in [3.63, 3.8) is 0 Å². The van der Waals surface area contributed by atoms with Crippen molar-refractivity contribution in [2.45, 2.75) is 76.4 Å². The minimum absolute atomic E-state index is 0.0141. The van der Waals surface area contributed by atoms with Crippen molar-refractivity contribution < 1.29 is 9.53 Å². The summed E-state index contributed by atoms with van der Waals surface area (Å²) in [4.78, 5) is 14.4. The predicted octanol–water partition coefficient (Wildman–Crippen LogP) is 2.32. The molecule has 1 aliphatic heterocycles. The van der Waals surface area contributed by atoms with Gasteiger partial charge in [-0.25, -0.2) is 0 Å². The highest BCUT2D eigenvalue weighted by Crippen LogP contribution is 2.32. The number of esters is 1. The first-order chi connectivity index (χ1) is 10.2. The van der Waals surface area contributed by atoms with Crippen molar-refractivity contribution in [2.24, 2.45) is 5.92 Å². The fourth-order valence-corrected chi connectivity index (χ4v) is 4.13. The molecule has 0 aromatic heterocycles. The van der Waals surface area contributed by atoms with Crippen molar-refractivity contribution in [3.8, 4) is 0 Å². The lowest BCUT2D eigenvalue weighted by Gasteiger charge is -2.39. The van der Waals surface area contributed by atoms with Gasteiger partial charge in [-0.3, -0.25) is 9.69 Å².